The summed E-state index contributed by atoms with van der Waals surface area (Å²) in [6.45, 7) is 3.28. The molecule has 0 spiro atoms. The lowest BCUT2D eigenvalue weighted by atomic mass is 10.1. The van der Waals surface area contributed by atoms with E-state index in [1.165, 1.54) is 0 Å². The van der Waals surface area contributed by atoms with Crippen LogP contribution in [0.1, 0.15) is 24.2 Å². The third-order valence-corrected chi connectivity index (χ3v) is 1.91. The van der Waals surface area contributed by atoms with Gasteiger partial charge >= 0.3 is 5.97 Å². The van der Waals surface area contributed by atoms with Gasteiger partial charge < -0.3 is 4.74 Å². The van der Waals surface area contributed by atoms with E-state index < -0.39 is 0 Å². The van der Waals surface area contributed by atoms with Gasteiger partial charge in [-0.2, -0.15) is 0 Å². The molecule has 0 aliphatic rings. The van der Waals surface area contributed by atoms with Gasteiger partial charge in [0.1, 0.15) is 0 Å². The summed E-state index contributed by atoms with van der Waals surface area (Å²) in [5.74, 6) is -0.725. The second-order valence-electron chi connectivity index (χ2n) is 3.55. The smallest absolute Gasteiger partial charge is 0.308 e. The Balaban J connectivity index is 2.48. The zero-order valence-electron chi connectivity index (χ0n) is 8.90. The van der Waals surface area contributed by atoms with Crippen LogP contribution in [0.2, 0.25) is 0 Å². The van der Waals surface area contributed by atoms with E-state index in [9.17, 15) is 9.59 Å². The van der Waals surface area contributed by atoms with Crippen molar-refractivity contribution in [1.82, 2.24) is 0 Å². The number of carbonyl (C=O) groups excluding carboxylic acids is 2. The minimum absolute atomic E-state index is 0.176. The number of hydrogen-bond acceptors (Lipinski definition) is 3. The third-order valence-electron chi connectivity index (χ3n) is 1.91. The number of hydrogen-bond donors (Lipinski definition) is 0. The average molecular weight is 206 g/mol. The van der Waals surface area contributed by atoms with E-state index in [2.05, 4.69) is 0 Å². The van der Waals surface area contributed by atoms with Gasteiger partial charge in [-0.25, -0.2) is 0 Å². The molecule has 0 bridgehead atoms. The molecule has 1 aromatic carbocycles. The van der Waals surface area contributed by atoms with Gasteiger partial charge in [-0.3, -0.25) is 9.59 Å². The summed E-state index contributed by atoms with van der Waals surface area (Å²) in [4.78, 5) is 22.6. The molecule has 3 heteroatoms. The molecule has 0 radical (unpaired) electrons. The molecule has 0 saturated heterocycles. The Morgan fingerprint density at radius 2 is 1.80 bits per heavy atom. The summed E-state index contributed by atoms with van der Waals surface area (Å²) >= 11 is 0. The molecular formula is C12H14O3. The highest BCUT2D eigenvalue weighted by Crippen LogP contribution is 2.02. The normalized spacial score (nSPS) is 10.1. The lowest BCUT2D eigenvalue weighted by Gasteiger charge is -2.05. The Hall–Kier alpha value is -1.64. The van der Waals surface area contributed by atoms with E-state index >= 15 is 0 Å². The van der Waals surface area contributed by atoms with Crippen LogP contribution in [0.15, 0.2) is 30.3 Å². The highest BCUT2D eigenvalue weighted by molar-refractivity contribution is 5.97. The molecule has 80 valence electrons. The quantitative estimate of drug-likeness (QED) is 0.559. The number of rotatable bonds is 4. The molecule has 0 heterocycles. The van der Waals surface area contributed by atoms with E-state index in [1.54, 1.807) is 38.1 Å². The zero-order valence-corrected chi connectivity index (χ0v) is 8.90. The van der Waals surface area contributed by atoms with Crippen molar-refractivity contribution < 1.29 is 14.3 Å². The van der Waals surface area contributed by atoms with Gasteiger partial charge in [0.2, 0.25) is 0 Å². The fourth-order valence-corrected chi connectivity index (χ4v) is 1.01. The summed E-state index contributed by atoms with van der Waals surface area (Å²) in [7, 11) is 0. The lowest BCUT2D eigenvalue weighted by molar-refractivity contribution is -0.146. The van der Waals surface area contributed by atoms with Gasteiger partial charge in [0, 0.05) is 5.56 Å². The molecule has 0 amide bonds. The molecule has 15 heavy (non-hydrogen) atoms. The number of ketones is 1. The van der Waals surface area contributed by atoms with Crippen LogP contribution in [-0.4, -0.2) is 18.4 Å². The Kier molecular flexibility index (Phi) is 4.03. The largest absolute Gasteiger partial charge is 0.457 e. The van der Waals surface area contributed by atoms with Gasteiger partial charge in [-0.15, -0.1) is 0 Å². The van der Waals surface area contributed by atoms with Gasteiger partial charge in [-0.1, -0.05) is 44.2 Å². The van der Waals surface area contributed by atoms with E-state index in [-0.39, 0.29) is 24.3 Å². The number of benzene rings is 1. The molecule has 0 N–H and O–H groups in total. The minimum Gasteiger partial charge on any atom is -0.457 e. The maximum absolute atomic E-state index is 11.5. The molecule has 3 nitrogen and oxygen atoms in total. The van der Waals surface area contributed by atoms with Crippen LogP contribution in [0.3, 0.4) is 0 Å². The van der Waals surface area contributed by atoms with E-state index in [0.717, 1.165) is 0 Å². The fourth-order valence-electron chi connectivity index (χ4n) is 1.01. The summed E-state index contributed by atoms with van der Waals surface area (Å²) < 4.78 is 4.83. The topological polar surface area (TPSA) is 43.4 Å². The van der Waals surface area contributed by atoms with Crippen molar-refractivity contribution in [1.29, 1.82) is 0 Å². The molecule has 0 aliphatic carbocycles. The predicted molar refractivity (Wildman–Crippen MR) is 56.6 cm³/mol. The van der Waals surface area contributed by atoms with Crippen LogP contribution in [-0.2, 0) is 9.53 Å². The Morgan fingerprint density at radius 1 is 1.20 bits per heavy atom. The first kappa shape index (κ1) is 11.4. The first-order chi connectivity index (χ1) is 7.11. The van der Waals surface area contributed by atoms with Gasteiger partial charge in [-0.05, 0) is 0 Å². The van der Waals surface area contributed by atoms with Crippen molar-refractivity contribution in [3.8, 4) is 0 Å². The SMILES string of the molecule is CC(C)C(=O)OCC(=O)c1ccccc1. The van der Waals surface area contributed by atoms with Gasteiger partial charge in [0.25, 0.3) is 0 Å². The maximum atomic E-state index is 11.5. The number of ether oxygens (including phenoxy) is 1. The number of carbonyl (C=O) groups is 2. The maximum Gasteiger partial charge on any atom is 0.308 e. The fraction of sp³-hybridized carbons (Fsp3) is 0.333. The Morgan fingerprint density at radius 3 is 2.33 bits per heavy atom. The standard InChI is InChI=1S/C12H14O3/c1-9(2)12(14)15-8-11(13)10-6-4-3-5-7-10/h3-7,9H,8H2,1-2H3. The van der Waals surface area contributed by atoms with Crippen molar-refractivity contribution >= 4 is 11.8 Å². The molecule has 1 rings (SSSR count). The van der Waals surface area contributed by atoms with Crippen LogP contribution in [0.4, 0.5) is 0 Å². The average Bonchev–Trinajstić information content (AvgIpc) is 2.26. The Labute approximate surface area is 89.1 Å². The van der Waals surface area contributed by atoms with E-state index in [4.69, 9.17) is 4.74 Å². The second kappa shape index (κ2) is 5.29. The third kappa shape index (κ3) is 3.54. The highest BCUT2D eigenvalue weighted by Gasteiger charge is 2.11. The van der Waals surface area contributed by atoms with Gasteiger partial charge in [0.05, 0.1) is 5.92 Å². The van der Waals surface area contributed by atoms with Crippen LogP contribution in [0.5, 0.6) is 0 Å². The lowest BCUT2D eigenvalue weighted by Crippen LogP contribution is -2.17. The van der Waals surface area contributed by atoms with Crippen LogP contribution in [0, 0.1) is 5.92 Å². The molecule has 1 aromatic rings. The van der Waals surface area contributed by atoms with Crippen LogP contribution in [0.25, 0.3) is 0 Å². The van der Waals surface area contributed by atoms with Crippen molar-refractivity contribution in [2.24, 2.45) is 5.92 Å². The number of esters is 1. The molecule has 0 aromatic heterocycles. The zero-order chi connectivity index (χ0) is 11.3. The summed E-state index contributed by atoms with van der Waals surface area (Å²) in [6.07, 6.45) is 0. The highest BCUT2D eigenvalue weighted by atomic mass is 16.5. The minimum atomic E-state index is -0.348. The first-order valence-electron chi connectivity index (χ1n) is 4.86. The molecule has 0 unspecified atom stereocenters. The molecule has 0 fully saturated rings. The van der Waals surface area contributed by atoms with E-state index in [1.807, 2.05) is 6.07 Å². The molecular weight excluding hydrogens is 192 g/mol. The van der Waals surface area contributed by atoms with Crippen LogP contribution < -0.4 is 0 Å². The monoisotopic (exact) mass is 206 g/mol. The molecule has 0 saturated carbocycles. The first-order valence-corrected chi connectivity index (χ1v) is 4.86. The Bertz CT molecular complexity index is 341. The van der Waals surface area contributed by atoms with Crippen LogP contribution >= 0.6 is 0 Å². The second-order valence-corrected chi connectivity index (χ2v) is 3.55. The van der Waals surface area contributed by atoms with Gasteiger partial charge in [0.15, 0.2) is 12.4 Å². The summed E-state index contributed by atoms with van der Waals surface area (Å²) in [6, 6.07) is 8.78. The van der Waals surface area contributed by atoms with Crippen molar-refractivity contribution in [2.75, 3.05) is 6.61 Å². The van der Waals surface area contributed by atoms with Crippen molar-refractivity contribution in [3.05, 3.63) is 35.9 Å². The number of Topliss-reactive ketones (excluding diaryl/α,β-unsaturated/α-hetero) is 1. The van der Waals surface area contributed by atoms with Crippen molar-refractivity contribution in [2.45, 2.75) is 13.8 Å². The predicted octanol–water partition coefficient (Wildman–Crippen LogP) is 2.07. The van der Waals surface area contributed by atoms with Crippen molar-refractivity contribution in [3.63, 3.8) is 0 Å². The summed E-state index contributed by atoms with van der Waals surface area (Å²) in [5, 5.41) is 0. The molecule has 0 aliphatic heterocycles. The van der Waals surface area contributed by atoms with E-state index in [0.29, 0.717) is 5.56 Å². The summed E-state index contributed by atoms with van der Waals surface area (Å²) in [5.41, 5.74) is 0.564. The molecule has 0 atom stereocenters.